The zero-order valence-corrected chi connectivity index (χ0v) is 6.54. The van der Waals surface area contributed by atoms with Crippen molar-refractivity contribution in [2.75, 3.05) is 0 Å². The minimum atomic E-state index is -0.823. The molecule has 0 saturated heterocycles. The van der Waals surface area contributed by atoms with Crippen LogP contribution in [-0.2, 0) is 6.54 Å². The Hall–Kier alpha value is -1.63. The number of hydrogen-bond donors (Lipinski definition) is 0. The van der Waals surface area contributed by atoms with Gasteiger partial charge in [-0.2, -0.15) is 5.26 Å². The molecule has 0 bridgehead atoms. The first-order valence-electron chi connectivity index (χ1n) is 3.50. The van der Waals surface area contributed by atoms with Crippen molar-refractivity contribution in [1.82, 2.24) is 4.57 Å². The Bertz CT molecular complexity index is 389. The standard InChI is InChI=1S/C8H7FN2O/c1-2-11-6(5-10)3-4-7(9)8(11)12/h3-4H,2H2,1H3. The van der Waals surface area contributed by atoms with E-state index in [-0.39, 0.29) is 5.69 Å². The molecule has 1 aromatic rings. The molecule has 0 spiro atoms. The van der Waals surface area contributed by atoms with E-state index in [1.54, 1.807) is 6.92 Å². The van der Waals surface area contributed by atoms with Gasteiger partial charge < -0.3 is 0 Å². The molecular formula is C8H7FN2O. The highest BCUT2D eigenvalue weighted by Crippen LogP contribution is 1.96. The van der Waals surface area contributed by atoms with Gasteiger partial charge in [-0.1, -0.05) is 0 Å². The van der Waals surface area contributed by atoms with E-state index in [1.165, 1.54) is 6.07 Å². The number of rotatable bonds is 1. The molecule has 0 aliphatic rings. The summed E-state index contributed by atoms with van der Waals surface area (Å²) in [5.41, 5.74) is -0.555. The molecule has 0 aliphatic heterocycles. The molecule has 0 unspecified atom stereocenters. The summed E-state index contributed by atoms with van der Waals surface area (Å²) >= 11 is 0. The van der Waals surface area contributed by atoms with E-state index in [0.29, 0.717) is 6.54 Å². The van der Waals surface area contributed by atoms with E-state index in [0.717, 1.165) is 10.6 Å². The fraction of sp³-hybridized carbons (Fsp3) is 0.250. The van der Waals surface area contributed by atoms with Crippen LogP contribution in [0, 0.1) is 17.1 Å². The van der Waals surface area contributed by atoms with Crippen LogP contribution in [0.4, 0.5) is 4.39 Å². The highest BCUT2D eigenvalue weighted by atomic mass is 19.1. The molecule has 0 amide bonds. The lowest BCUT2D eigenvalue weighted by atomic mass is 10.3. The number of hydrogen-bond acceptors (Lipinski definition) is 2. The molecule has 0 saturated carbocycles. The number of aromatic nitrogens is 1. The predicted octanol–water partition coefficient (Wildman–Crippen LogP) is 0.879. The smallest absolute Gasteiger partial charge is 0.287 e. The number of halogens is 1. The van der Waals surface area contributed by atoms with E-state index >= 15 is 0 Å². The van der Waals surface area contributed by atoms with Gasteiger partial charge in [-0.15, -0.1) is 0 Å². The Morgan fingerprint density at radius 2 is 2.33 bits per heavy atom. The summed E-state index contributed by atoms with van der Waals surface area (Å²) in [6, 6.07) is 4.11. The van der Waals surface area contributed by atoms with Crippen LogP contribution in [0.5, 0.6) is 0 Å². The van der Waals surface area contributed by atoms with Gasteiger partial charge in [-0.3, -0.25) is 9.36 Å². The third kappa shape index (κ3) is 1.21. The Labute approximate surface area is 68.7 Å². The van der Waals surface area contributed by atoms with Gasteiger partial charge in [0.25, 0.3) is 5.56 Å². The van der Waals surface area contributed by atoms with Crippen molar-refractivity contribution in [3.05, 3.63) is 34.0 Å². The van der Waals surface area contributed by atoms with Crippen LogP contribution in [-0.4, -0.2) is 4.57 Å². The van der Waals surface area contributed by atoms with Gasteiger partial charge in [0.2, 0.25) is 0 Å². The molecule has 1 aromatic heterocycles. The summed E-state index contributed by atoms with van der Waals surface area (Å²) < 4.78 is 13.7. The lowest BCUT2D eigenvalue weighted by molar-refractivity contribution is 0.573. The molecule has 3 nitrogen and oxygen atoms in total. The maximum atomic E-state index is 12.6. The van der Waals surface area contributed by atoms with Crippen LogP contribution in [0.15, 0.2) is 16.9 Å². The molecule has 0 fully saturated rings. The highest BCUT2D eigenvalue weighted by Gasteiger charge is 2.05. The average Bonchev–Trinajstić information content (AvgIpc) is 2.09. The van der Waals surface area contributed by atoms with Crippen LogP contribution >= 0.6 is 0 Å². The van der Waals surface area contributed by atoms with E-state index < -0.39 is 11.4 Å². The zero-order valence-electron chi connectivity index (χ0n) is 6.54. The topological polar surface area (TPSA) is 45.8 Å². The Morgan fingerprint density at radius 3 is 2.83 bits per heavy atom. The molecule has 1 rings (SSSR count). The van der Waals surface area contributed by atoms with E-state index in [9.17, 15) is 9.18 Å². The van der Waals surface area contributed by atoms with Crippen molar-refractivity contribution < 1.29 is 4.39 Å². The molecule has 62 valence electrons. The molecule has 0 radical (unpaired) electrons. The van der Waals surface area contributed by atoms with E-state index in [4.69, 9.17) is 5.26 Å². The molecule has 0 aliphatic carbocycles. The molecule has 0 atom stereocenters. The molecule has 12 heavy (non-hydrogen) atoms. The molecule has 0 aromatic carbocycles. The summed E-state index contributed by atoms with van der Waals surface area (Å²) in [7, 11) is 0. The highest BCUT2D eigenvalue weighted by molar-refractivity contribution is 5.21. The van der Waals surface area contributed by atoms with Crippen LogP contribution < -0.4 is 5.56 Å². The van der Waals surface area contributed by atoms with Crippen LogP contribution in [0.1, 0.15) is 12.6 Å². The van der Waals surface area contributed by atoms with Gasteiger partial charge in [0.15, 0.2) is 5.82 Å². The van der Waals surface area contributed by atoms with Crippen LogP contribution in [0.2, 0.25) is 0 Å². The quantitative estimate of drug-likeness (QED) is 0.621. The minimum Gasteiger partial charge on any atom is -0.298 e. The molecule has 1 heterocycles. The predicted molar refractivity (Wildman–Crippen MR) is 41.0 cm³/mol. The minimum absolute atomic E-state index is 0.184. The van der Waals surface area contributed by atoms with Gasteiger partial charge in [0, 0.05) is 6.54 Å². The lowest BCUT2D eigenvalue weighted by Gasteiger charge is -2.02. The van der Waals surface area contributed by atoms with Crippen molar-refractivity contribution in [2.24, 2.45) is 0 Å². The van der Waals surface area contributed by atoms with Crippen molar-refractivity contribution in [3.8, 4) is 6.07 Å². The van der Waals surface area contributed by atoms with Crippen molar-refractivity contribution in [3.63, 3.8) is 0 Å². The van der Waals surface area contributed by atoms with E-state index in [2.05, 4.69) is 0 Å². The van der Waals surface area contributed by atoms with Crippen LogP contribution in [0.25, 0.3) is 0 Å². The molecule has 0 N–H and O–H groups in total. The summed E-state index contributed by atoms with van der Waals surface area (Å²) in [5, 5.41) is 8.53. The Kier molecular flexibility index (Phi) is 2.24. The first-order chi connectivity index (χ1) is 5.70. The zero-order chi connectivity index (χ0) is 9.14. The van der Waals surface area contributed by atoms with Crippen LogP contribution in [0.3, 0.4) is 0 Å². The SMILES string of the molecule is CCn1c(C#N)ccc(F)c1=O. The number of nitrogens with zero attached hydrogens (tertiary/aromatic N) is 2. The Balaban J connectivity index is 3.49. The lowest BCUT2D eigenvalue weighted by Crippen LogP contribution is -2.23. The van der Waals surface area contributed by atoms with Gasteiger partial charge in [-0.25, -0.2) is 4.39 Å². The molecular weight excluding hydrogens is 159 g/mol. The van der Waals surface area contributed by atoms with Crippen molar-refractivity contribution in [1.29, 1.82) is 5.26 Å². The second kappa shape index (κ2) is 3.18. The summed E-state index contributed by atoms with van der Waals surface area (Å²) in [5.74, 6) is -0.823. The van der Waals surface area contributed by atoms with Gasteiger partial charge in [0.05, 0.1) is 0 Å². The summed E-state index contributed by atoms with van der Waals surface area (Å²) in [6.45, 7) is 1.99. The summed E-state index contributed by atoms with van der Waals surface area (Å²) in [6.07, 6.45) is 0. The van der Waals surface area contributed by atoms with Crippen molar-refractivity contribution >= 4 is 0 Å². The average molecular weight is 166 g/mol. The maximum Gasteiger partial charge on any atom is 0.287 e. The first kappa shape index (κ1) is 8.47. The fourth-order valence-corrected chi connectivity index (χ4v) is 0.963. The van der Waals surface area contributed by atoms with Crippen molar-refractivity contribution in [2.45, 2.75) is 13.5 Å². The second-order valence-corrected chi connectivity index (χ2v) is 2.23. The molecule has 4 heteroatoms. The normalized spacial score (nSPS) is 9.42. The summed E-state index contributed by atoms with van der Waals surface area (Å²) in [4.78, 5) is 11.0. The third-order valence-corrected chi connectivity index (χ3v) is 1.56. The first-order valence-corrected chi connectivity index (χ1v) is 3.50. The Morgan fingerprint density at radius 1 is 1.67 bits per heavy atom. The van der Waals surface area contributed by atoms with Gasteiger partial charge >= 0.3 is 0 Å². The fourth-order valence-electron chi connectivity index (χ4n) is 0.963. The van der Waals surface area contributed by atoms with Gasteiger partial charge in [-0.05, 0) is 19.1 Å². The monoisotopic (exact) mass is 166 g/mol. The third-order valence-electron chi connectivity index (χ3n) is 1.56. The maximum absolute atomic E-state index is 12.6. The van der Waals surface area contributed by atoms with E-state index in [1.807, 2.05) is 6.07 Å². The second-order valence-electron chi connectivity index (χ2n) is 2.23. The van der Waals surface area contributed by atoms with Gasteiger partial charge in [0.1, 0.15) is 11.8 Å². The number of nitriles is 1. The largest absolute Gasteiger partial charge is 0.298 e. The number of pyridine rings is 1.